The molecule has 0 spiro atoms. The number of halogens is 1. The Bertz CT molecular complexity index is 511. The molecule has 4 heteroatoms. The number of anilines is 2. The number of benzene rings is 1. The fraction of sp³-hybridized carbons (Fsp3) is 0.167. The second-order valence-electron chi connectivity index (χ2n) is 3.67. The minimum absolute atomic E-state index is 0.384. The molecule has 0 aliphatic carbocycles. The van der Waals surface area contributed by atoms with Gasteiger partial charge in [-0.05, 0) is 25.5 Å². The van der Waals surface area contributed by atoms with Crippen molar-refractivity contribution in [3.63, 3.8) is 0 Å². The third-order valence-electron chi connectivity index (χ3n) is 2.25. The van der Waals surface area contributed by atoms with Crippen molar-refractivity contribution in [3.05, 3.63) is 46.9 Å². The number of hydrogen-bond acceptors (Lipinski definition) is 3. The topological polar surface area (TPSA) is 37.8 Å². The van der Waals surface area contributed by atoms with Gasteiger partial charge in [-0.15, -0.1) is 0 Å². The molecular formula is C12H12ClN3. The number of nitrogens with zero attached hydrogens (tertiary/aromatic N) is 2. The fourth-order valence-corrected chi connectivity index (χ4v) is 1.64. The van der Waals surface area contributed by atoms with Gasteiger partial charge in [0.15, 0.2) is 5.82 Å². The highest BCUT2D eigenvalue weighted by Gasteiger charge is 2.01. The van der Waals surface area contributed by atoms with Gasteiger partial charge in [-0.2, -0.15) is 0 Å². The van der Waals surface area contributed by atoms with Crippen LogP contribution in [0.1, 0.15) is 11.1 Å². The van der Waals surface area contributed by atoms with E-state index in [4.69, 9.17) is 11.6 Å². The van der Waals surface area contributed by atoms with Crippen LogP contribution in [0.5, 0.6) is 0 Å². The lowest BCUT2D eigenvalue weighted by Gasteiger charge is -2.09. The molecule has 1 aromatic carbocycles. The highest BCUT2D eigenvalue weighted by molar-refractivity contribution is 6.29. The van der Waals surface area contributed by atoms with Crippen molar-refractivity contribution in [1.29, 1.82) is 0 Å². The molecule has 0 saturated heterocycles. The average molecular weight is 234 g/mol. The van der Waals surface area contributed by atoms with Crippen molar-refractivity contribution in [2.24, 2.45) is 0 Å². The van der Waals surface area contributed by atoms with E-state index in [1.165, 1.54) is 17.3 Å². The molecule has 82 valence electrons. The van der Waals surface area contributed by atoms with Crippen LogP contribution in [0.25, 0.3) is 0 Å². The summed E-state index contributed by atoms with van der Waals surface area (Å²) in [4.78, 5) is 8.09. The van der Waals surface area contributed by atoms with Crippen LogP contribution in [-0.4, -0.2) is 9.97 Å². The van der Waals surface area contributed by atoms with Crippen molar-refractivity contribution in [1.82, 2.24) is 9.97 Å². The standard InChI is InChI=1S/C12H12ClN3/c1-8-3-4-10(9(2)5-8)15-12-7-14-6-11(13)16-12/h3-7H,1-2H3,(H,15,16). The molecule has 0 amide bonds. The Balaban J connectivity index is 2.27. The summed E-state index contributed by atoms with van der Waals surface area (Å²) in [6, 6.07) is 6.18. The third kappa shape index (κ3) is 2.49. The van der Waals surface area contributed by atoms with Gasteiger partial charge in [-0.25, -0.2) is 4.98 Å². The van der Waals surface area contributed by atoms with Crippen LogP contribution in [0.2, 0.25) is 5.15 Å². The molecule has 0 bridgehead atoms. The minimum atomic E-state index is 0.384. The normalized spacial score (nSPS) is 10.2. The molecule has 2 aromatic rings. The van der Waals surface area contributed by atoms with Gasteiger partial charge in [0.05, 0.1) is 12.4 Å². The molecule has 16 heavy (non-hydrogen) atoms. The zero-order valence-corrected chi connectivity index (χ0v) is 9.92. The molecule has 0 radical (unpaired) electrons. The Morgan fingerprint density at radius 3 is 2.69 bits per heavy atom. The van der Waals surface area contributed by atoms with Crippen LogP contribution in [0.3, 0.4) is 0 Å². The predicted octanol–water partition coefficient (Wildman–Crippen LogP) is 3.49. The SMILES string of the molecule is Cc1ccc(Nc2cncc(Cl)n2)c(C)c1. The molecule has 0 aliphatic heterocycles. The maximum atomic E-state index is 5.76. The summed E-state index contributed by atoms with van der Waals surface area (Å²) in [6.07, 6.45) is 3.15. The van der Waals surface area contributed by atoms with Gasteiger partial charge < -0.3 is 5.32 Å². The first-order valence-corrected chi connectivity index (χ1v) is 5.35. The van der Waals surface area contributed by atoms with Crippen LogP contribution in [0, 0.1) is 13.8 Å². The van der Waals surface area contributed by atoms with E-state index in [2.05, 4.69) is 28.3 Å². The van der Waals surface area contributed by atoms with Crippen molar-refractivity contribution in [2.45, 2.75) is 13.8 Å². The predicted molar refractivity (Wildman–Crippen MR) is 66.2 cm³/mol. The molecule has 3 nitrogen and oxygen atoms in total. The summed E-state index contributed by atoms with van der Waals surface area (Å²) >= 11 is 5.76. The van der Waals surface area contributed by atoms with Gasteiger partial charge in [0.25, 0.3) is 0 Å². The summed E-state index contributed by atoms with van der Waals surface area (Å²) < 4.78 is 0. The maximum absolute atomic E-state index is 5.76. The Morgan fingerprint density at radius 1 is 1.19 bits per heavy atom. The largest absolute Gasteiger partial charge is 0.339 e. The van der Waals surface area contributed by atoms with Gasteiger partial charge in [-0.3, -0.25) is 4.98 Å². The van der Waals surface area contributed by atoms with Gasteiger partial charge in [0, 0.05) is 5.69 Å². The van der Waals surface area contributed by atoms with E-state index in [0.29, 0.717) is 11.0 Å². The monoisotopic (exact) mass is 233 g/mol. The van der Waals surface area contributed by atoms with Gasteiger partial charge in [0.1, 0.15) is 5.15 Å². The van der Waals surface area contributed by atoms with Gasteiger partial charge in [0.2, 0.25) is 0 Å². The number of aromatic nitrogens is 2. The van der Waals surface area contributed by atoms with E-state index < -0.39 is 0 Å². The van der Waals surface area contributed by atoms with Crippen molar-refractivity contribution >= 4 is 23.1 Å². The minimum Gasteiger partial charge on any atom is -0.339 e. The lowest BCUT2D eigenvalue weighted by atomic mass is 10.1. The molecule has 0 aliphatic rings. The number of nitrogens with one attached hydrogen (secondary N) is 1. The van der Waals surface area contributed by atoms with E-state index >= 15 is 0 Å². The van der Waals surface area contributed by atoms with Crippen LogP contribution in [0.15, 0.2) is 30.6 Å². The number of rotatable bonds is 2. The average Bonchev–Trinajstić information content (AvgIpc) is 2.22. The van der Waals surface area contributed by atoms with Gasteiger partial charge >= 0.3 is 0 Å². The van der Waals surface area contributed by atoms with Crippen molar-refractivity contribution in [3.8, 4) is 0 Å². The summed E-state index contributed by atoms with van der Waals surface area (Å²) in [7, 11) is 0. The summed E-state index contributed by atoms with van der Waals surface area (Å²) in [6.45, 7) is 4.11. The second-order valence-corrected chi connectivity index (χ2v) is 4.06. The van der Waals surface area contributed by atoms with Crippen LogP contribution in [-0.2, 0) is 0 Å². The first-order valence-electron chi connectivity index (χ1n) is 4.97. The Hall–Kier alpha value is -1.61. The quantitative estimate of drug-likeness (QED) is 0.863. The summed E-state index contributed by atoms with van der Waals surface area (Å²) in [5, 5.41) is 3.57. The first kappa shape index (κ1) is 10.9. The van der Waals surface area contributed by atoms with E-state index in [1.54, 1.807) is 6.20 Å². The van der Waals surface area contributed by atoms with Crippen molar-refractivity contribution < 1.29 is 0 Å². The molecule has 0 saturated carbocycles. The van der Waals surface area contributed by atoms with E-state index in [1.807, 2.05) is 19.1 Å². The van der Waals surface area contributed by atoms with E-state index in [9.17, 15) is 0 Å². The molecule has 0 atom stereocenters. The lowest BCUT2D eigenvalue weighted by Crippen LogP contribution is -1.96. The van der Waals surface area contributed by atoms with Crippen LogP contribution < -0.4 is 5.32 Å². The third-order valence-corrected chi connectivity index (χ3v) is 2.43. The molecule has 2 rings (SSSR count). The van der Waals surface area contributed by atoms with Gasteiger partial charge in [-0.1, -0.05) is 29.3 Å². The molecule has 0 unspecified atom stereocenters. The zero-order chi connectivity index (χ0) is 11.5. The zero-order valence-electron chi connectivity index (χ0n) is 9.16. The second kappa shape index (κ2) is 4.49. The van der Waals surface area contributed by atoms with E-state index in [0.717, 1.165) is 5.69 Å². The maximum Gasteiger partial charge on any atom is 0.150 e. The molecular weight excluding hydrogens is 222 g/mol. The first-order chi connectivity index (χ1) is 7.65. The Labute approximate surface area is 99.5 Å². The number of aryl methyl sites for hydroxylation is 2. The molecule has 1 aromatic heterocycles. The molecule has 1 heterocycles. The highest BCUT2D eigenvalue weighted by atomic mass is 35.5. The summed E-state index contributed by atoms with van der Waals surface area (Å²) in [5.41, 5.74) is 3.42. The lowest BCUT2D eigenvalue weighted by molar-refractivity contribution is 1.19. The van der Waals surface area contributed by atoms with Crippen LogP contribution >= 0.6 is 11.6 Å². The smallest absolute Gasteiger partial charge is 0.150 e. The summed E-state index contributed by atoms with van der Waals surface area (Å²) in [5.74, 6) is 0.652. The van der Waals surface area contributed by atoms with Crippen molar-refractivity contribution in [2.75, 3.05) is 5.32 Å². The Morgan fingerprint density at radius 2 is 2.00 bits per heavy atom. The Kier molecular flexibility index (Phi) is 3.06. The van der Waals surface area contributed by atoms with E-state index in [-0.39, 0.29) is 0 Å². The molecule has 1 N–H and O–H groups in total. The molecule has 0 fully saturated rings. The highest BCUT2D eigenvalue weighted by Crippen LogP contribution is 2.20. The number of hydrogen-bond donors (Lipinski definition) is 1. The van der Waals surface area contributed by atoms with Crippen LogP contribution in [0.4, 0.5) is 11.5 Å². The fourth-order valence-electron chi connectivity index (χ4n) is 1.49.